The fourth-order valence-electron chi connectivity index (χ4n) is 3.10. The molecule has 0 aliphatic heterocycles. The Labute approximate surface area is 142 Å². The molecule has 0 unspecified atom stereocenters. The zero-order valence-corrected chi connectivity index (χ0v) is 14.7. The van der Waals surface area contributed by atoms with Crippen LogP contribution in [0.4, 0.5) is 0 Å². The Morgan fingerprint density at radius 3 is 2.65 bits per heavy atom. The van der Waals surface area contributed by atoms with Gasteiger partial charge in [-0.1, -0.05) is 49.1 Å². The number of carbonyl (C=O) groups excluding carboxylic acids is 2. The van der Waals surface area contributed by atoms with Crippen LogP contribution >= 0.6 is 11.8 Å². The fraction of sp³-hybridized carbons (Fsp3) is 0.556. The number of nitrogens with one attached hydrogen (secondary N) is 1. The van der Waals surface area contributed by atoms with Gasteiger partial charge < -0.3 is 10.1 Å². The molecule has 1 amide bonds. The van der Waals surface area contributed by atoms with Crippen molar-refractivity contribution in [2.45, 2.75) is 50.3 Å². The number of amides is 1. The Morgan fingerprint density at radius 1 is 1.26 bits per heavy atom. The number of aryl methyl sites for hydroxylation is 1. The molecule has 0 bridgehead atoms. The van der Waals surface area contributed by atoms with Crippen LogP contribution in [-0.4, -0.2) is 30.3 Å². The van der Waals surface area contributed by atoms with Crippen LogP contribution in [-0.2, 0) is 20.1 Å². The van der Waals surface area contributed by atoms with Crippen molar-refractivity contribution in [2.24, 2.45) is 0 Å². The van der Waals surface area contributed by atoms with Crippen molar-refractivity contribution < 1.29 is 14.3 Å². The zero-order valence-electron chi connectivity index (χ0n) is 13.9. The van der Waals surface area contributed by atoms with Crippen molar-refractivity contribution in [3.05, 3.63) is 35.4 Å². The summed E-state index contributed by atoms with van der Waals surface area (Å²) in [5.74, 6) is 0.747. The maximum atomic E-state index is 12.3. The van der Waals surface area contributed by atoms with E-state index in [1.165, 1.54) is 18.2 Å². The fourth-order valence-corrected chi connectivity index (χ4v) is 3.87. The molecular weight excluding hydrogens is 310 g/mol. The molecule has 1 fully saturated rings. The quantitative estimate of drug-likeness (QED) is 0.811. The normalized spacial score (nSPS) is 16.6. The van der Waals surface area contributed by atoms with E-state index in [4.69, 9.17) is 4.74 Å². The number of hydrogen-bond donors (Lipinski definition) is 1. The molecule has 1 aromatic rings. The van der Waals surface area contributed by atoms with Gasteiger partial charge in [-0.2, -0.15) is 0 Å². The van der Waals surface area contributed by atoms with Gasteiger partial charge in [-0.05, 0) is 25.3 Å². The van der Waals surface area contributed by atoms with Crippen molar-refractivity contribution in [3.63, 3.8) is 0 Å². The van der Waals surface area contributed by atoms with Gasteiger partial charge in [0.15, 0.2) is 0 Å². The van der Waals surface area contributed by atoms with Crippen molar-refractivity contribution in [2.75, 3.05) is 12.9 Å². The number of rotatable bonds is 6. The molecule has 1 saturated carbocycles. The van der Waals surface area contributed by atoms with E-state index in [1.807, 2.05) is 6.07 Å². The summed E-state index contributed by atoms with van der Waals surface area (Å²) >= 11 is 1.57. The monoisotopic (exact) mass is 335 g/mol. The lowest BCUT2D eigenvalue weighted by atomic mass is 9.81. The number of methoxy groups -OCH3 is 1. The van der Waals surface area contributed by atoms with Gasteiger partial charge in [-0.15, -0.1) is 11.8 Å². The minimum Gasteiger partial charge on any atom is -0.467 e. The van der Waals surface area contributed by atoms with E-state index in [2.05, 4.69) is 30.4 Å². The van der Waals surface area contributed by atoms with E-state index < -0.39 is 5.54 Å². The second-order valence-electron chi connectivity index (χ2n) is 6.16. The molecule has 0 saturated heterocycles. The summed E-state index contributed by atoms with van der Waals surface area (Å²) < 4.78 is 4.92. The third-order valence-corrected chi connectivity index (χ3v) is 5.25. The van der Waals surface area contributed by atoms with Crippen LogP contribution in [0, 0.1) is 6.92 Å². The number of benzene rings is 1. The molecule has 0 radical (unpaired) electrons. The molecular formula is C18H25NO3S. The van der Waals surface area contributed by atoms with Crippen molar-refractivity contribution in [1.29, 1.82) is 0 Å². The number of hydrogen-bond acceptors (Lipinski definition) is 4. The van der Waals surface area contributed by atoms with Gasteiger partial charge in [0.25, 0.3) is 0 Å². The molecule has 1 N–H and O–H groups in total. The Bertz CT molecular complexity index is 553. The summed E-state index contributed by atoms with van der Waals surface area (Å²) in [6.07, 6.45) is 4.36. The molecule has 0 atom stereocenters. The molecule has 2 rings (SSSR count). The van der Waals surface area contributed by atoms with E-state index in [-0.39, 0.29) is 11.9 Å². The topological polar surface area (TPSA) is 55.4 Å². The Balaban J connectivity index is 1.86. The number of ether oxygens (including phenoxy) is 1. The van der Waals surface area contributed by atoms with Crippen molar-refractivity contribution >= 4 is 23.6 Å². The van der Waals surface area contributed by atoms with E-state index in [9.17, 15) is 9.59 Å². The summed E-state index contributed by atoms with van der Waals surface area (Å²) in [6, 6.07) is 8.28. The van der Waals surface area contributed by atoms with Crippen LogP contribution in [0.1, 0.15) is 43.2 Å². The first-order valence-corrected chi connectivity index (χ1v) is 9.24. The molecule has 23 heavy (non-hydrogen) atoms. The molecule has 0 aromatic heterocycles. The summed E-state index contributed by atoms with van der Waals surface area (Å²) in [4.78, 5) is 24.4. The average molecular weight is 335 g/mol. The summed E-state index contributed by atoms with van der Waals surface area (Å²) in [5.41, 5.74) is 1.62. The van der Waals surface area contributed by atoms with Crippen LogP contribution in [0.15, 0.2) is 24.3 Å². The van der Waals surface area contributed by atoms with Crippen molar-refractivity contribution in [3.8, 4) is 0 Å². The second-order valence-corrected chi connectivity index (χ2v) is 7.15. The maximum absolute atomic E-state index is 12.3. The first kappa shape index (κ1) is 17.9. The van der Waals surface area contributed by atoms with E-state index >= 15 is 0 Å². The van der Waals surface area contributed by atoms with Crippen LogP contribution in [0.3, 0.4) is 0 Å². The van der Waals surface area contributed by atoms with Gasteiger partial charge in [-0.3, -0.25) is 4.79 Å². The van der Waals surface area contributed by atoms with Crippen LogP contribution in [0.25, 0.3) is 0 Å². The second kappa shape index (κ2) is 8.39. The lowest BCUT2D eigenvalue weighted by Crippen LogP contribution is -2.56. The maximum Gasteiger partial charge on any atom is 0.331 e. The first-order chi connectivity index (χ1) is 11.1. The molecule has 0 spiro atoms. The zero-order chi connectivity index (χ0) is 16.7. The lowest BCUT2D eigenvalue weighted by molar-refractivity contribution is -0.152. The van der Waals surface area contributed by atoms with E-state index in [0.29, 0.717) is 18.6 Å². The number of thioether (sulfide) groups is 1. The predicted molar refractivity (Wildman–Crippen MR) is 93.3 cm³/mol. The minimum atomic E-state index is -0.812. The summed E-state index contributed by atoms with van der Waals surface area (Å²) in [5, 5.41) is 2.95. The van der Waals surface area contributed by atoms with Crippen molar-refractivity contribution in [1.82, 2.24) is 5.32 Å². The Morgan fingerprint density at radius 2 is 2.00 bits per heavy atom. The molecule has 0 heterocycles. The minimum absolute atomic E-state index is 0.0880. The molecule has 126 valence electrons. The van der Waals surface area contributed by atoms with E-state index in [1.54, 1.807) is 11.8 Å². The van der Waals surface area contributed by atoms with Gasteiger partial charge in [0, 0.05) is 5.75 Å². The van der Waals surface area contributed by atoms with Gasteiger partial charge in [0.1, 0.15) is 5.54 Å². The number of esters is 1. The highest BCUT2D eigenvalue weighted by Gasteiger charge is 2.41. The lowest BCUT2D eigenvalue weighted by Gasteiger charge is -2.35. The van der Waals surface area contributed by atoms with Gasteiger partial charge >= 0.3 is 5.97 Å². The molecule has 1 aliphatic carbocycles. The van der Waals surface area contributed by atoms with E-state index in [0.717, 1.165) is 25.0 Å². The Hall–Kier alpha value is -1.49. The average Bonchev–Trinajstić information content (AvgIpc) is 2.55. The SMILES string of the molecule is COC(=O)C1(NC(=O)CSCc2cccc(C)c2)CCCCC1. The number of carbonyl (C=O) groups is 2. The van der Waals surface area contributed by atoms with Crippen LogP contribution < -0.4 is 5.32 Å². The predicted octanol–water partition coefficient (Wildman–Crippen LogP) is 3.22. The van der Waals surface area contributed by atoms with Crippen LogP contribution in [0.2, 0.25) is 0 Å². The third-order valence-electron chi connectivity index (χ3n) is 4.25. The van der Waals surface area contributed by atoms with Gasteiger partial charge in [-0.25, -0.2) is 4.79 Å². The first-order valence-electron chi connectivity index (χ1n) is 8.08. The Kier molecular flexibility index (Phi) is 6.51. The third kappa shape index (κ3) is 4.99. The van der Waals surface area contributed by atoms with Gasteiger partial charge in [0.05, 0.1) is 12.9 Å². The molecule has 4 nitrogen and oxygen atoms in total. The smallest absolute Gasteiger partial charge is 0.331 e. The largest absolute Gasteiger partial charge is 0.467 e. The standard InChI is InChI=1S/C18H25NO3S/c1-14-7-6-8-15(11-14)12-23-13-16(20)19-18(17(21)22-2)9-4-3-5-10-18/h6-8,11H,3-5,9-10,12-13H2,1-2H3,(H,19,20). The highest BCUT2D eigenvalue weighted by atomic mass is 32.2. The summed E-state index contributed by atoms with van der Waals surface area (Å²) in [7, 11) is 1.39. The van der Waals surface area contributed by atoms with Gasteiger partial charge in [0.2, 0.25) is 5.91 Å². The highest BCUT2D eigenvalue weighted by Crippen LogP contribution is 2.29. The highest BCUT2D eigenvalue weighted by molar-refractivity contribution is 7.99. The molecule has 1 aliphatic rings. The molecule has 5 heteroatoms. The summed E-state index contributed by atoms with van der Waals surface area (Å²) in [6.45, 7) is 2.06. The molecule has 1 aromatic carbocycles. The van der Waals surface area contributed by atoms with Crippen LogP contribution in [0.5, 0.6) is 0 Å².